The molecule has 5 unspecified atom stereocenters. The highest BCUT2D eigenvalue weighted by molar-refractivity contribution is 6.31. The van der Waals surface area contributed by atoms with Gasteiger partial charge in [0.2, 0.25) is 0 Å². The Morgan fingerprint density at radius 1 is 1.39 bits per heavy atom. The molecule has 28 heavy (non-hydrogen) atoms. The van der Waals surface area contributed by atoms with Gasteiger partial charge in [0.15, 0.2) is 0 Å². The molecule has 4 nitrogen and oxygen atoms in total. The minimum atomic E-state index is 0.0180. The van der Waals surface area contributed by atoms with Crippen LogP contribution in [0.4, 0.5) is 0 Å². The maximum atomic E-state index is 10.1. The Bertz CT molecular complexity index is 866. The molecule has 5 atom stereocenters. The lowest BCUT2D eigenvalue weighted by atomic mass is 9.55. The summed E-state index contributed by atoms with van der Waals surface area (Å²) in [5.41, 5.74) is 4.03. The molecule has 1 aliphatic carbocycles. The number of aliphatic hydroxyl groups excluding tert-OH is 1. The molecule has 3 aliphatic heterocycles. The molecule has 152 valence electrons. The molecule has 1 saturated carbocycles. The SMILES string of the molecule is CCOCCC1CC2CN3CCc4c([nH]c5ccc(Cl)cc45)C(CCO)(C2)C13. The minimum absolute atomic E-state index is 0.0180. The number of hydrogen-bond acceptors (Lipinski definition) is 3. The highest BCUT2D eigenvalue weighted by atomic mass is 35.5. The number of benzene rings is 1. The van der Waals surface area contributed by atoms with Crippen molar-refractivity contribution in [1.82, 2.24) is 9.88 Å². The van der Waals surface area contributed by atoms with Crippen molar-refractivity contribution in [1.29, 1.82) is 0 Å². The normalized spacial score (nSPS) is 33.8. The number of aromatic nitrogens is 1. The van der Waals surface area contributed by atoms with Crippen LogP contribution in [0.15, 0.2) is 18.2 Å². The summed E-state index contributed by atoms with van der Waals surface area (Å²) >= 11 is 6.34. The van der Waals surface area contributed by atoms with Crippen LogP contribution in [0.25, 0.3) is 10.9 Å². The second-order valence-corrected chi connectivity index (χ2v) is 9.48. The maximum absolute atomic E-state index is 10.1. The number of H-pyrrole nitrogens is 1. The molecule has 3 fully saturated rings. The van der Waals surface area contributed by atoms with E-state index >= 15 is 0 Å². The van der Waals surface area contributed by atoms with E-state index < -0.39 is 0 Å². The molecule has 1 aromatic heterocycles. The molecule has 0 radical (unpaired) electrons. The lowest BCUT2D eigenvalue weighted by Crippen LogP contribution is -2.64. The third-order valence-corrected chi connectivity index (χ3v) is 7.83. The van der Waals surface area contributed by atoms with Gasteiger partial charge in [-0.05, 0) is 74.6 Å². The highest BCUT2D eigenvalue weighted by Gasteiger charge is 2.57. The van der Waals surface area contributed by atoms with Crippen molar-refractivity contribution in [3.8, 4) is 0 Å². The number of aliphatic hydroxyl groups is 1. The molecule has 4 heterocycles. The van der Waals surface area contributed by atoms with Gasteiger partial charge < -0.3 is 14.8 Å². The van der Waals surface area contributed by atoms with Crippen molar-refractivity contribution in [2.75, 3.05) is 32.9 Å². The first kappa shape index (κ1) is 18.9. The van der Waals surface area contributed by atoms with Gasteiger partial charge in [0.25, 0.3) is 0 Å². The van der Waals surface area contributed by atoms with Crippen molar-refractivity contribution in [2.45, 2.75) is 50.5 Å². The van der Waals surface area contributed by atoms with Crippen LogP contribution in [0.3, 0.4) is 0 Å². The first-order chi connectivity index (χ1) is 13.7. The van der Waals surface area contributed by atoms with E-state index in [1.165, 1.54) is 41.5 Å². The zero-order chi connectivity index (χ0) is 19.3. The fraction of sp³-hybridized carbons (Fsp3) is 0.652. The van der Waals surface area contributed by atoms with Crippen LogP contribution >= 0.6 is 11.6 Å². The minimum Gasteiger partial charge on any atom is -0.396 e. The Morgan fingerprint density at radius 2 is 2.29 bits per heavy atom. The van der Waals surface area contributed by atoms with Gasteiger partial charge in [0, 0.05) is 66.0 Å². The van der Waals surface area contributed by atoms with Gasteiger partial charge >= 0.3 is 0 Å². The van der Waals surface area contributed by atoms with E-state index in [-0.39, 0.29) is 12.0 Å². The molecule has 1 aromatic carbocycles. The number of nitrogens with zero attached hydrogens (tertiary/aromatic N) is 1. The van der Waals surface area contributed by atoms with Gasteiger partial charge in [-0.1, -0.05) is 11.6 Å². The molecule has 2 N–H and O–H groups in total. The van der Waals surface area contributed by atoms with Crippen molar-refractivity contribution in [3.05, 3.63) is 34.5 Å². The van der Waals surface area contributed by atoms with Crippen molar-refractivity contribution in [2.24, 2.45) is 11.8 Å². The van der Waals surface area contributed by atoms with Crippen LogP contribution in [-0.4, -0.2) is 53.9 Å². The number of nitrogens with one attached hydrogen (secondary N) is 1. The Balaban J connectivity index is 1.63. The lowest BCUT2D eigenvalue weighted by molar-refractivity contribution is -0.0734. The van der Waals surface area contributed by atoms with Crippen molar-refractivity contribution >= 4 is 22.5 Å². The number of rotatable bonds is 6. The van der Waals surface area contributed by atoms with E-state index in [4.69, 9.17) is 16.3 Å². The van der Waals surface area contributed by atoms with E-state index in [9.17, 15) is 5.11 Å². The van der Waals surface area contributed by atoms with E-state index in [1.807, 2.05) is 6.07 Å². The van der Waals surface area contributed by atoms with Gasteiger partial charge in [0.05, 0.1) is 0 Å². The van der Waals surface area contributed by atoms with Crippen LogP contribution < -0.4 is 0 Å². The average molecular weight is 403 g/mol. The van der Waals surface area contributed by atoms with Gasteiger partial charge in [-0.2, -0.15) is 0 Å². The van der Waals surface area contributed by atoms with Crippen LogP contribution in [-0.2, 0) is 16.6 Å². The quantitative estimate of drug-likeness (QED) is 0.714. The number of piperidine rings is 2. The van der Waals surface area contributed by atoms with Crippen LogP contribution in [0.2, 0.25) is 5.02 Å². The molecule has 5 heteroatoms. The fourth-order valence-electron chi connectivity index (χ4n) is 6.83. The summed E-state index contributed by atoms with van der Waals surface area (Å²) in [5, 5.41) is 12.2. The van der Waals surface area contributed by atoms with Gasteiger partial charge in [-0.25, -0.2) is 0 Å². The number of ether oxygens (including phenoxy) is 1. The largest absolute Gasteiger partial charge is 0.396 e. The predicted octanol–water partition coefficient (Wildman–Crippen LogP) is 4.13. The summed E-state index contributed by atoms with van der Waals surface area (Å²) in [4.78, 5) is 6.55. The summed E-state index contributed by atoms with van der Waals surface area (Å²) in [6.45, 7) is 6.27. The van der Waals surface area contributed by atoms with Crippen LogP contribution in [0.1, 0.15) is 43.9 Å². The van der Waals surface area contributed by atoms with E-state index in [0.29, 0.717) is 17.9 Å². The zero-order valence-corrected chi connectivity index (χ0v) is 17.5. The Morgan fingerprint density at radius 3 is 3.11 bits per heavy atom. The summed E-state index contributed by atoms with van der Waals surface area (Å²) in [5.74, 6) is 1.36. The molecule has 0 spiro atoms. The molecule has 6 rings (SSSR count). The lowest BCUT2D eigenvalue weighted by Gasteiger charge is -2.59. The standard InChI is InChI=1S/C23H31ClN2O2/c1-2-28-10-6-16-11-15-13-23(7-9-27)21-18(5-8-26(14-15)22(16)23)19-12-17(24)3-4-20(19)25-21/h3-4,12,15-16,22,25,27H,2,5-11,13-14H2,1H3. The second kappa shape index (κ2) is 7.32. The average Bonchev–Trinajstić information content (AvgIpc) is 3.01. The van der Waals surface area contributed by atoms with Crippen molar-refractivity contribution in [3.63, 3.8) is 0 Å². The van der Waals surface area contributed by atoms with E-state index in [2.05, 4.69) is 28.9 Å². The van der Waals surface area contributed by atoms with Crippen molar-refractivity contribution < 1.29 is 9.84 Å². The predicted molar refractivity (Wildman–Crippen MR) is 113 cm³/mol. The van der Waals surface area contributed by atoms with Crippen LogP contribution in [0, 0.1) is 11.8 Å². The number of halogens is 1. The maximum Gasteiger partial charge on any atom is 0.0469 e. The topological polar surface area (TPSA) is 48.5 Å². The number of hydrogen-bond donors (Lipinski definition) is 2. The monoisotopic (exact) mass is 402 g/mol. The summed E-state index contributed by atoms with van der Waals surface area (Å²) in [6, 6.07) is 6.70. The van der Waals surface area contributed by atoms with Crippen LogP contribution in [0.5, 0.6) is 0 Å². The zero-order valence-electron chi connectivity index (χ0n) is 16.7. The molecule has 4 bridgehead atoms. The first-order valence-corrected chi connectivity index (χ1v) is 11.3. The van der Waals surface area contributed by atoms with Gasteiger partial charge in [0.1, 0.15) is 0 Å². The summed E-state index contributed by atoms with van der Waals surface area (Å²) in [6.07, 6.45) is 5.52. The molecular weight excluding hydrogens is 372 g/mol. The first-order valence-electron chi connectivity index (χ1n) is 10.9. The molecule has 2 saturated heterocycles. The number of fused-ring (bicyclic) bond motifs is 4. The van der Waals surface area contributed by atoms with E-state index in [0.717, 1.165) is 44.0 Å². The third-order valence-electron chi connectivity index (χ3n) is 7.60. The Labute approximate surface area is 172 Å². The third kappa shape index (κ3) is 2.84. The highest BCUT2D eigenvalue weighted by Crippen LogP contribution is 2.56. The van der Waals surface area contributed by atoms with Gasteiger partial charge in [-0.3, -0.25) is 4.90 Å². The molecule has 2 aromatic rings. The number of aromatic amines is 1. The summed E-state index contributed by atoms with van der Waals surface area (Å²) < 4.78 is 5.73. The smallest absolute Gasteiger partial charge is 0.0469 e. The second-order valence-electron chi connectivity index (χ2n) is 9.04. The molecular formula is C23H31ClN2O2. The molecule has 4 aliphatic rings. The van der Waals surface area contributed by atoms with E-state index in [1.54, 1.807) is 0 Å². The molecule has 0 amide bonds. The Hall–Kier alpha value is -1.07. The Kier molecular flexibility index (Phi) is 4.95. The van der Waals surface area contributed by atoms with Gasteiger partial charge in [-0.15, -0.1) is 0 Å². The summed E-state index contributed by atoms with van der Waals surface area (Å²) in [7, 11) is 0. The fourth-order valence-corrected chi connectivity index (χ4v) is 7.00.